The molecular weight excluding hydrogens is 338 g/mol. The van der Waals surface area contributed by atoms with Crippen LogP contribution in [0.3, 0.4) is 0 Å². The van der Waals surface area contributed by atoms with Gasteiger partial charge in [0, 0.05) is 11.8 Å². The molecule has 1 fully saturated rings. The minimum Gasteiger partial charge on any atom is -0.460 e. The van der Waals surface area contributed by atoms with E-state index in [-0.39, 0.29) is 5.56 Å². The summed E-state index contributed by atoms with van der Waals surface area (Å²) < 4.78 is 5.94. The fourth-order valence-corrected chi connectivity index (χ4v) is 3.82. The highest BCUT2D eigenvalue weighted by atomic mass is 35.5. The van der Waals surface area contributed by atoms with Crippen LogP contribution < -0.4 is 11.5 Å². The van der Waals surface area contributed by atoms with Crippen molar-refractivity contribution in [3.8, 4) is 0 Å². The van der Waals surface area contributed by atoms with Gasteiger partial charge in [0.1, 0.15) is 11.3 Å². The van der Waals surface area contributed by atoms with Crippen LogP contribution >= 0.6 is 11.6 Å². The Balaban J connectivity index is 1.74. The van der Waals surface area contributed by atoms with Crippen molar-refractivity contribution in [3.05, 3.63) is 28.5 Å². The molecule has 0 aliphatic carbocycles. The summed E-state index contributed by atoms with van der Waals surface area (Å²) in [6.07, 6.45) is 5.69. The summed E-state index contributed by atoms with van der Waals surface area (Å²) in [7, 11) is 0. The molecule has 2 aromatic rings. The first-order chi connectivity index (χ1) is 12.0. The van der Waals surface area contributed by atoms with E-state index in [1.807, 2.05) is 6.07 Å². The van der Waals surface area contributed by atoms with Gasteiger partial charge in [-0.3, -0.25) is 4.79 Å². The number of hydrogen-bond acceptors (Lipinski definition) is 4. The third kappa shape index (κ3) is 3.93. The number of anilines is 1. The summed E-state index contributed by atoms with van der Waals surface area (Å²) >= 11 is 6.12. The molecule has 1 saturated heterocycles. The number of fused-ring (bicyclic) bond motifs is 1. The van der Waals surface area contributed by atoms with Gasteiger partial charge < -0.3 is 20.8 Å². The summed E-state index contributed by atoms with van der Waals surface area (Å²) in [5.41, 5.74) is 12.7. The minimum atomic E-state index is -0.558. The number of nitrogens with two attached hydrogens (primary N) is 2. The van der Waals surface area contributed by atoms with Crippen LogP contribution in [-0.4, -0.2) is 30.4 Å². The fourth-order valence-electron chi connectivity index (χ4n) is 3.60. The number of hydrogen-bond donors (Lipinski definition) is 2. The molecule has 0 spiro atoms. The quantitative estimate of drug-likeness (QED) is 0.764. The Morgan fingerprint density at radius 1 is 1.36 bits per heavy atom. The maximum Gasteiger partial charge on any atom is 0.252 e. The van der Waals surface area contributed by atoms with E-state index in [0.717, 1.165) is 25.3 Å². The Morgan fingerprint density at radius 2 is 2.08 bits per heavy atom. The van der Waals surface area contributed by atoms with Crippen molar-refractivity contribution >= 4 is 34.2 Å². The molecule has 0 atom stereocenters. The standard InChI is InChI=1S/C19H26ClN3O2/c1-2-3-6-23-7-4-12(5-8-23)9-13-10-14-17(21)16(20)11-15(19(22)24)18(14)25-13/h10-12H,2-9,21H2,1H3,(H2,22,24). The Hall–Kier alpha value is -1.72. The average molecular weight is 364 g/mol. The highest BCUT2D eigenvalue weighted by Crippen LogP contribution is 2.35. The first-order valence-corrected chi connectivity index (χ1v) is 9.40. The lowest BCUT2D eigenvalue weighted by Gasteiger charge is -2.31. The van der Waals surface area contributed by atoms with Gasteiger partial charge in [-0.25, -0.2) is 0 Å². The molecule has 0 saturated carbocycles. The highest BCUT2D eigenvalue weighted by molar-refractivity contribution is 6.35. The number of likely N-dealkylation sites (tertiary alicyclic amines) is 1. The van der Waals surface area contributed by atoms with Gasteiger partial charge >= 0.3 is 0 Å². The van der Waals surface area contributed by atoms with Crippen LogP contribution in [0, 0.1) is 5.92 Å². The molecule has 25 heavy (non-hydrogen) atoms. The molecule has 1 aliphatic rings. The van der Waals surface area contributed by atoms with E-state index in [9.17, 15) is 4.79 Å². The second-order valence-corrected chi connectivity index (χ2v) is 7.39. The van der Waals surface area contributed by atoms with Crippen LogP contribution in [0.15, 0.2) is 16.5 Å². The molecule has 0 unspecified atom stereocenters. The topological polar surface area (TPSA) is 85.5 Å². The third-order valence-corrected chi connectivity index (χ3v) is 5.45. The number of furan rings is 1. The van der Waals surface area contributed by atoms with Crippen molar-refractivity contribution in [3.63, 3.8) is 0 Å². The van der Waals surface area contributed by atoms with E-state index in [4.69, 9.17) is 27.5 Å². The number of benzene rings is 1. The van der Waals surface area contributed by atoms with Crippen molar-refractivity contribution < 1.29 is 9.21 Å². The van der Waals surface area contributed by atoms with Gasteiger partial charge in [-0.05, 0) is 56.9 Å². The van der Waals surface area contributed by atoms with Crippen LogP contribution in [0.5, 0.6) is 0 Å². The van der Waals surface area contributed by atoms with Gasteiger partial charge in [-0.15, -0.1) is 0 Å². The molecule has 0 bridgehead atoms. The van der Waals surface area contributed by atoms with E-state index < -0.39 is 5.91 Å². The lowest BCUT2D eigenvalue weighted by atomic mass is 9.92. The van der Waals surface area contributed by atoms with E-state index in [2.05, 4.69) is 11.8 Å². The Kier molecular flexibility index (Phi) is 5.54. The zero-order valence-corrected chi connectivity index (χ0v) is 15.4. The van der Waals surface area contributed by atoms with Crippen LogP contribution in [0.4, 0.5) is 5.69 Å². The summed E-state index contributed by atoms with van der Waals surface area (Å²) in [4.78, 5) is 14.2. The molecule has 6 heteroatoms. The molecule has 1 aromatic heterocycles. The highest BCUT2D eigenvalue weighted by Gasteiger charge is 2.22. The van der Waals surface area contributed by atoms with Crippen molar-refractivity contribution in [1.29, 1.82) is 0 Å². The number of nitrogens with zero attached hydrogens (tertiary/aromatic N) is 1. The predicted octanol–water partition coefficient (Wildman–Crippen LogP) is 3.82. The molecule has 1 aromatic carbocycles. The molecule has 1 amide bonds. The van der Waals surface area contributed by atoms with E-state index >= 15 is 0 Å². The average Bonchev–Trinajstić information content (AvgIpc) is 3.01. The van der Waals surface area contributed by atoms with Crippen molar-refractivity contribution in [2.45, 2.75) is 39.0 Å². The molecule has 136 valence electrons. The van der Waals surface area contributed by atoms with Gasteiger partial charge in [0.15, 0.2) is 0 Å². The van der Waals surface area contributed by atoms with Crippen molar-refractivity contribution in [1.82, 2.24) is 4.90 Å². The summed E-state index contributed by atoms with van der Waals surface area (Å²) in [6, 6.07) is 3.40. The third-order valence-electron chi connectivity index (χ3n) is 5.14. The number of carbonyl (C=O) groups excluding carboxylic acids is 1. The number of piperidine rings is 1. The first-order valence-electron chi connectivity index (χ1n) is 9.02. The van der Waals surface area contributed by atoms with Gasteiger partial charge in [-0.2, -0.15) is 0 Å². The van der Waals surface area contributed by atoms with Crippen LogP contribution in [0.25, 0.3) is 11.0 Å². The van der Waals surface area contributed by atoms with E-state index in [0.29, 0.717) is 27.6 Å². The number of halogens is 1. The second-order valence-electron chi connectivity index (χ2n) is 6.98. The maximum absolute atomic E-state index is 11.7. The summed E-state index contributed by atoms with van der Waals surface area (Å²) in [5.74, 6) is 0.877. The lowest BCUT2D eigenvalue weighted by Crippen LogP contribution is -2.34. The molecular formula is C19H26ClN3O2. The zero-order valence-electron chi connectivity index (χ0n) is 14.7. The van der Waals surface area contributed by atoms with E-state index in [1.54, 1.807) is 0 Å². The van der Waals surface area contributed by atoms with Gasteiger partial charge in [-0.1, -0.05) is 24.9 Å². The Labute approximate surface area is 153 Å². The minimum absolute atomic E-state index is 0.287. The number of nitrogen functional groups attached to an aromatic ring is 1. The van der Waals surface area contributed by atoms with Crippen molar-refractivity contribution in [2.75, 3.05) is 25.4 Å². The number of amides is 1. The monoisotopic (exact) mass is 363 g/mol. The summed E-state index contributed by atoms with van der Waals surface area (Å²) in [5, 5.41) is 1.01. The van der Waals surface area contributed by atoms with Crippen molar-refractivity contribution in [2.24, 2.45) is 11.7 Å². The van der Waals surface area contributed by atoms with E-state index in [1.165, 1.54) is 38.3 Å². The van der Waals surface area contributed by atoms with Crippen LogP contribution in [0.1, 0.15) is 48.7 Å². The largest absolute Gasteiger partial charge is 0.460 e. The molecule has 5 nitrogen and oxygen atoms in total. The van der Waals surface area contributed by atoms with Crippen LogP contribution in [-0.2, 0) is 6.42 Å². The SMILES string of the molecule is CCCCN1CCC(Cc2cc3c(N)c(Cl)cc(C(N)=O)c3o2)CC1. The number of unbranched alkanes of at least 4 members (excludes halogenated alkanes) is 1. The Morgan fingerprint density at radius 3 is 2.72 bits per heavy atom. The molecule has 3 rings (SSSR count). The summed E-state index contributed by atoms with van der Waals surface area (Å²) in [6.45, 7) is 5.72. The zero-order chi connectivity index (χ0) is 18.0. The normalized spacial score (nSPS) is 16.6. The van der Waals surface area contributed by atoms with Gasteiger partial charge in [0.05, 0.1) is 16.3 Å². The molecule has 1 aliphatic heterocycles. The molecule has 4 N–H and O–H groups in total. The molecule has 0 radical (unpaired) electrons. The smallest absolute Gasteiger partial charge is 0.252 e. The fraction of sp³-hybridized carbons (Fsp3) is 0.526. The number of carbonyl (C=O) groups is 1. The molecule has 2 heterocycles. The lowest BCUT2D eigenvalue weighted by molar-refractivity contribution is 0.100. The Bertz CT molecular complexity index is 764. The number of primary amides is 1. The second kappa shape index (κ2) is 7.67. The number of rotatable bonds is 6. The van der Waals surface area contributed by atoms with Gasteiger partial charge in [0.2, 0.25) is 0 Å². The first kappa shape index (κ1) is 18.1. The van der Waals surface area contributed by atoms with Crippen LogP contribution in [0.2, 0.25) is 5.02 Å². The maximum atomic E-state index is 11.7. The predicted molar refractivity (Wildman–Crippen MR) is 102 cm³/mol. The van der Waals surface area contributed by atoms with Gasteiger partial charge in [0.25, 0.3) is 5.91 Å².